The molecule has 2 N–H and O–H groups in total. The number of aromatic hydroxyl groups is 2. The van der Waals surface area contributed by atoms with Gasteiger partial charge in [-0.1, -0.05) is 36.4 Å². The maximum Gasteiger partial charge on any atom is 0.186 e. The second-order valence-electron chi connectivity index (χ2n) is 5.72. The normalized spacial score (nSPS) is 13.8. The maximum atomic E-state index is 11.7. The van der Waals surface area contributed by atoms with Crippen molar-refractivity contribution in [3.8, 4) is 33.9 Å². The zero-order valence-electron chi connectivity index (χ0n) is 12.6. The van der Waals surface area contributed by atoms with Gasteiger partial charge >= 0.3 is 0 Å². The largest absolute Gasteiger partial charge is 0.508 e. The van der Waals surface area contributed by atoms with Gasteiger partial charge in [0.2, 0.25) is 0 Å². The number of benzene rings is 2. The number of phenolic OH excluding ortho intramolecular Hbond substituents is 2. The van der Waals surface area contributed by atoms with E-state index >= 15 is 0 Å². The summed E-state index contributed by atoms with van der Waals surface area (Å²) in [6.07, 6.45) is 9.51. The van der Waals surface area contributed by atoms with E-state index in [2.05, 4.69) is 0 Å². The standard InChI is InChI=1S/C20H14O4/c21-14-7-5-12(6-8-14)16-11-24-18-10-15(22)9-17(23)20(18)19(16)13-3-1-2-4-13/h1-11,13,21,23H. The predicted molar refractivity (Wildman–Crippen MR) is 91.4 cm³/mol. The van der Waals surface area contributed by atoms with Crippen molar-refractivity contribution in [1.29, 1.82) is 0 Å². The van der Waals surface area contributed by atoms with Crippen molar-refractivity contribution in [1.82, 2.24) is 0 Å². The SMILES string of the molecule is O=c1cc2occ(-c3ccc(O)cc3)c(C3C=CC=C3)c-2c(O)c1. The first-order valence-corrected chi connectivity index (χ1v) is 7.56. The van der Waals surface area contributed by atoms with Gasteiger partial charge in [-0.2, -0.15) is 0 Å². The van der Waals surface area contributed by atoms with E-state index in [9.17, 15) is 15.0 Å². The lowest BCUT2D eigenvalue weighted by molar-refractivity contribution is 0.469. The van der Waals surface area contributed by atoms with E-state index in [-0.39, 0.29) is 22.8 Å². The molecule has 0 saturated carbocycles. The van der Waals surface area contributed by atoms with Crippen LogP contribution < -0.4 is 5.43 Å². The quantitative estimate of drug-likeness (QED) is 0.748. The fourth-order valence-corrected chi connectivity index (χ4v) is 3.10. The topological polar surface area (TPSA) is 70.7 Å². The van der Waals surface area contributed by atoms with Crippen molar-refractivity contribution in [2.45, 2.75) is 5.92 Å². The van der Waals surface area contributed by atoms with Gasteiger partial charge in [0.25, 0.3) is 0 Å². The highest BCUT2D eigenvalue weighted by Crippen LogP contribution is 2.44. The first-order chi connectivity index (χ1) is 11.6. The highest BCUT2D eigenvalue weighted by Gasteiger charge is 2.25. The molecule has 0 spiro atoms. The van der Waals surface area contributed by atoms with E-state index in [1.54, 1.807) is 30.5 Å². The van der Waals surface area contributed by atoms with Crippen LogP contribution in [-0.4, -0.2) is 10.2 Å². The molecule has 0 saturated heterocycles. The Balaban J connectivity index is 2.06. The Morgan fingerprint density at radius 2 is 1.67 bits per heavy atom. The molecular formula is C20H14O4. The van der Waals surface area contributed by atoms with E-state index in [0.717, 1.165) is 16.7 Å². The van der Waals surface area contributed by atoms with Gasteiger partial charge in [0.15, 0.2) is 5.43 Å². The molecule has 0 atom stereocenters. The number of allylic oxidation sites excluding steroid dienone is 4. The Kier molecular flexibility index (Phi) is 3.24. The van der Waals surface area contributed by atoms with Gasteiger partial charge in [-0.15, -0.1) is 0 Å². The summed E-state index contributed by atoms with van der Waals surface area (Å²) in [6.45, 7) is 0. The van der Waals surface area contributed by atoms with Crippen LogP contribution in [0.5, 0.6) is 11.5 Å². The summed E-state index contributed by atoms with van der Waals surface area (Å²) in [7, 11) is 0. The summed E-state index contributed by atoms with van der Waals surface area (Å²) in [5.74, 6) is 0.408. The van der Waals surface area contributed by atoms with Crippen molar-refractivity contribution in [2.24, 2.45) is 0 Å². The average molecular weight is 318 g/mol. The average Bonchev–Trinajstić information content (AvgIpc) is 3.08. The van der Waals surface area contributed by atoms with Crippen LogP contribution in [0.2, 0.25) is 0 Å². The van der Waals surface area contributed by atoms with Gasteiger partial charge in [-0.25, -0.2) is 0 Å². The van der Waals surface area contributed by atoms with Gasteiger partial charge in [0.05, 0.1) is 11.8 Å². The Hall–Kier alpha value is -3.27. The summed E-state index contributed by atoms with van der Waals surface area (Å²) in [5.41, 5.74) is 2.75. The van der Waals surface area contributed by atoms with Gasteiger partial charge in [-0.3, -0.25) is 4.79 Å². The molecule has 3 aliphatic rings. The third-order valence-corrected chi connectivity index (χ3v) is 4.18. The minimum atomic E-state index is -0.301. The smallest absolute Gasteiger partial charge is 0.186 e. The lowest BCUT2D eigenvalue weighted by Gasteiger charge is -2.20. The Labute approximate surface area is 138 Å². The number of rotatable bonds is 2. The molecule has 24 heavy (non-hydrogen) atoms. The number of fused-ring (bicyclic) bond motifs is 1. The molecule has 1 aromatic carbocycles. The van der Waals surface area contributed by atoms with Gasteiger partial charge in [-0.05, 0) is 23.3 Å². The number of phenols is 2. The molecular weight excluding hydrogens is 304 g/mol. The molecule has 0 aromatic heterocycles. The molecule has 0 radical (unpaired) electrons. The van der Waals surface area contributed by atoms with Crippen LogP contribution in [0.3, 0.4) is 0 Å². The first-order valence-electron chi connectivity index (χ1n) is 7.56. The molecule has 0 amide bonds. The minimum absolute atomic E-state index is 0.0314. The third-order valence-electron chi connectivity index (χ3n) is 4.18. The van der Waals surface area contributed by atoms with E-state index in [4.69, 9.17) is 4.42 Å². The van der Waals surface area contributed by atoms with Gasteiger partial charge in [0, 0.05) is 23.6 Å². The summed E-state index contributed by atoms with van der Waals surface area (Å²) in [5, 5.41) is 19.9. The highest BCUT2D eigenvalue weighted by atomic mass is 16.3. The molecule has 4 heteroatoms. The summed E-state index contributed by atoms with van der Waals surface area (Å²) in [4.78, 5) is 11.7. The van der Waals surface area contributed by atoms with E-state index in [1.165, 1.54) is 12.1 Å². The first kappa shape index (κ1) is 14.3. The van der Waals surface area contributed by atoms with Gasteiger partial charge in [0.1, 0.15) is 17.3 Å². The van der Waals surface area contributed by atoms with Crippen LogP contribution in [0.25, 0.3) is 22.5 Å². The molecule has 1 heterocycles. The van der Waals surface area contributed by atoms with Crippen LogP contribution in [-0.2, 0) is 0 Å². The Morgan fingerprint density at radius 3 is 2.38 bits per heavy atom. The molecule has 118 valence electrons. The molecule has 1 aliphatic heterocycles. The zero-order valence-corrected chi connectivity index (χ0v) is 12.6. The molecule has 0 fully saturated rings. The second kappa shape index (κ2) is 5.42. The summed E-state index contributed by atoms with van der Waals surface area (Å²) >= 11 is 0. The molecule has 0 unspecified atom stereocenters. The van der Waals surface area contributed by atoms with E-state index < -0.39 is 0 Å². The lowest BCUT2D eigenvalue weighted by atomic mass is 9.87. The molecule has 4 rings (SSSR count). The van der Waals surface area contributed by atoms with Crippen LogP contribution in [0, 0.1) is 0 Å². The third kappa shape index (κ3) is 2.29. The van der Waals surface area contributed by atoms with Gasteiger partial charge < -0.3 is 14.6 Å². The molecule has 2 aliphatic carbocycles. The number of hydrogen-bond acceptors (Lipinski definition) is 4. The maximum absolute atomic E-state index is 11.7. The fourth-order valence-electron chi connectivity index (χ4n) is 3.10. The van der Waals surface area contributed by atoms with Crippen molar-refractivity contribution in [3.63, 3.8) is 0 Å². The van der Waals surface area contributed by atoms with E-state index in [0.29, 0.717) is 11.3 Å². The monoisotopic (exact) mass is 318 g/mol. The molecule has 1 aromatic rings. The molecule has 4 nitrogen and oxygen atoms in total. The van der Waals surface area contributed by atoms with E-state index in [1.807, 2.05) is 24.3 Å². The Bertz CT molecular complexity index is 981. The number of hydrogen-bond donors (Lipinski definition) is 2. The van der Waals surface area contributed by atoms with Crippen molar-refractivity contribution in [3.05, 3.63) is 82.8 Å². The Morgan fingerprint density at radius 1 is 0.958 bits per heavy atom. The highest BCUT2D eigenvalue weighted by molar-refractivity contribution is 5.82. The molecule has 0 bridgehead atoms. The van der Waals surface area contributed by atoms with Crippen LogP contribution >= 0.6 is 0 Å². The minimum Gasteiger partial charge on any atom is -0.508 e. The zero-order chi connectivity index (χ0) is 16.7. The van der Waals surface area contributed by atoms with Crippen LogP contribution in [0.15, 0.2) is 76.2 Å². The fraction of sp³-hybridized carbons (Fsp3) is 0.0500. The lowest BCUT2D eigenvalue weighted by Crippen LogP contribution is -2.04. The summed E-state index contributed by atoms with van der Waals surface area (Å²) < 4.78 is 5.62. The van der Waals surface area contributed by atoms with Crippen molar-refractivity contribution < 1.29 is 14.6 Å². The van der Waals surface area contributed by atoms with Crippen molar-refractivity contribution >= 4 is 0 Å². The predicted octanol–water partition coefficient (Wildman–Crippen LogP) is 4.03. The van der Waals surface area contributed by atoms with Crippen molar-refractivity contribution in [2.75, 3.05) is 0 Å². The summed E-state index contributed by atoms with van der Waals surface area (Å²) in [6, 6.07) is 9.36. The van der Waals surface area contributed by atoms with Crippen LogP contribution in [0.1, 0.15) is 11.5 Å². The second-order valence-corrected chi connectivity index (χ2v) is 5.72. The van der Waals surface area contributed by atoms with Crippen LogP contribution in [0.4, 0.5) is 0 Å².